The zero-order valence-corrected chi connectivity index (χ0v) is 9.41. The van der Waals surface area contributed by atoms with Crippen molar-refractivity contribution in [3.63, 3.8) is 0 Å². The van der Waals surface area contributed by atoms with E-state index < -0.39 is 8.80 Å². The smallest absolute Gasteiger partial charge is 0.373 e. The first-order chi connectivity index (χ1) is 6.68. The molecule has 0 N–H and O–H groups in total. The molecule has 0 spiro atoms. The van der Waals surface area contributed by atoms with Crippen molar-refractivity contribution >= 4 is 14.0 Å². The number of halogens is 1. The third-order valence-corrected chi connectivity index (χ3v) is 4.66. The van der Waals surface area contributed by atoms with Crippen LogP contribution in [0.1, 0.15) is 0 Å². The summed E-state index contributed by atoms with van der Waals surface area (Å²) >= 11 is 0. The van der Waals surface area contributed by atoms with Crippen LogP contribution in [-0.2, 0) is 13.3 Å². The lowest BCUT2D eigenvalue weighted by Gasteiger charge is -2.24. The van der Waals surface area contributed by atoms with Crippen LogP contribution in [0.2, 0.25) is 0 Å². The molecule has 0 atom stereocenters. The molecule has 14 heavy (non-hydrogen) atoms. The fraction of sp³-hybridized carbons (Fsp3) is 0.333. The van der Waals surface area contributed by atoms with E-state index >= 15 is 0 Å². The number of benzene rings is 1. The number of rotatable bonds is 4. The fourth-order valence-electron chi connectivity index (χ4n) is 1.26. The summed E-state index contributed by atoms with van der Waals surface area (Å²) in [5.41, 5.74) is 0. The van der Waals surface area contributed by atoms with Gasteiger partial charge in [0.1, 0.15) is 5.82 Å². The Labute approximate surface area is 83.8 Å². The molecule has 0 saturated carbocycles. The second-order valence-corrected chi connectivity index (χ2v) is 5.59. The van der Waals surface area contributed by atoms with E-state index in [0.717, 1.165) is 5.19 Å². The van der Waals surface area contributed by atoms with Crippen LogP contribution in [0.4, 0.5) is 4.39 Å². The molecule has 0 radical (unpaired) electrons. The predicted octanol–water partition coefficient (Wildman–Crippen LogP) is 0.911. The van der Waals surface area contributed by atoms with E-state index in [1.807, 2.05) is 0 Å². The summed E-state index contributed by atoms with van der Waals surface area (Å²) in [6, 6.07) is 5.93. The number of hydrogen-bond acceptors (Lipinski definition) is 3. The Bertz CT molecular complexity index is 276. The summed E-state index contributed by atoms with van der Waals surface area (Å²) in [5, 5.41) is 0.742. The van der Waals surface area contributed by atoms with Gasteiger partial charge in [0.25, 0.3) is 0 Å². The minimum Gasteiger partial charge on any atom is -0.373 e. The van der Waals surface area contributed by atoms with Gasteiger partial charge in [-0.1, -0.05) is 12.1 Å². The van der Waals surface area contributed by atoms with E-state index in [9.17, 15) is 4.39 Å². The van der Waals surface area contributed by atoms with Gasteiger partial charge in [0, 0.05) is 26.5 Å². The molecule has 5 heteroatoms. The Morgan fingerprint density at radius 2 is 1.36 bits per heavy atom. The quantitative estimate of drug-likeness (QED) is 0.700. The van der Waals surface area contributed by atoms with Crippen molar-refractivity contribution in [1.82, 2.24) is 0 Å². The van der Waals surface area contributed by atoms with Crippen molar-refractivity contribution in [2.75, 3.05) is 21.3 Å². The molecule has 0 aliphatic heterocycles. The van der Waals surface area contributed by atoms with Crippen molar-refractivity contribution in [1.29, 1.82) is 0 Å². The van der Waals surface area contributed by atoms with Gasteiger partial charge in [-0.2, -0.15) is 0 Å². The highest BCUT2D eigenvalue weighted by Crippen LogP contribution is 2.07. The maximum atomic E-state index is 12.7. The average molecular weight is 216 g/mol. The molecule has 1 rings (SSSR count). The van der Waals surface area contributed by atoms with E-state index in [-0.39, 0.29) is 5.82 Å². The van der Waals surface area contributed by atoms with Crippen LogP contribution >= 0.6 is 0 Å². The summed E-state index contributed by atoms with van der Waals surface area (Å²) in [6.45, 7) is 0. The molecule has 78 valence electrons. The highest BCUT2D eigenvalue weighted by Gasteiger charge is 2.40. The van der Waals surface area contributed by atoms with Crippen LogP contribution in [0, 0.1) is 5.82 Å². The summed E-state index contributed by atoms with van der Waals surface area (Å²) in [6.07, 6.45) is 0. The molecule has 0 heterocycles. The zero-order valence-electron chi connectivity index (χ0n) is 8.41. The molecule has 1 aromatic rings. The highest BCUT2D eigenvalue weighted by atomic mass is 28.4. The molecule has 0 aromatic heterocycles. The third kappa shape index (κ3) is 2.01. The first-order valence-electron chi connectivity index (χ1n) is 4.10. The minimum absolute atomic E-state index is 0.292. The normalized spacial score (nSPS) is 11.7. The first-order valence-corrected chi connectivity index (χ1v) is 5.82. The zero-order chi connectivity index (χ0) is 10.6. The van der Waals surface area contributed by atoms with Gasteiger partial charge in [-0.3, -0.25) is 0 Å². The molecule has 0 aliphatic carbocycles. The van der Waals surface area contributed by atoms with E-state index in [1.165, 1.54) is 33.5 Å². The molecule has 0 bridgehead atoms. The topological polar surface area (TPSA) is 27.7 Å². The molecular formula is C9H13FO3Si. The average Bonchev–Trinajstić information content (AvgIpc) is 2.24. The SMILES string of the molecule is CO[Si](OC)(OC)c1ccc(F)cc1. The van der Waals surface area contributed by atoms with Gasteiger partial charge in [-0.15, -0.1) is 0 Å². The van der Waals surface area contributed by atoms with Crippen LogP contribution in [0.5, 0.6) is 0 Å². The van der Waals surface area contributed by atoms with Crippen molar-refractivity contribution in [2.45, 2.75) is 0 Å². The second-order valence-electron chi connectivity index (χ2n) is 2.68. The summed E-state index contributed by atoms with van der Waals surface area (Å²) in [7, 11) is 1.77. The number of hydrogen-bond donors (Lipinski definition) is 0. The van der Waals surface area contributed by atoms with Crippen molar-refractivity contribution in [2.24, 2.45) is 0 Å². The van der Waals surface area contributed by atoms with Gasteiger partial charge in [0.2, 0.25) is 0 Å². The van der Waals surface area contributed by atoms with Crippen molar-refractivity contribution in [3.05, 3.63) is 30.1 Å². The van der Waals surface area contributed by atoms with E-state index in [0.29, 0.717) is 0 Å². The Morgan fingerprint density at radius 1 is 0.929 bits per heavy atom. The lowest BCUT2D eigenvalue weighted by atomic mass is 10.3. The molecule has 3 nitrogen and oxygen atoms in total. The van der Waals surface area contributed by atoms with Crippen LogP contribution in [0.25, 0.3) is 0 Å². The maximum Gasteiger partial charge on any atom is 0.536 e. The Hall–Kier alpha value is -0.753. The molecule has 0 aliphatic rings. The first kappa shape index (κ1) is 11.3. The predicted molar refractivity (Wildman–Crippen MR) is 52.8 cm³/mol. The molecular weight excluding hydrogens is 203 g/mol. The van der Waals surface area contributed by atoms with Gasteiger partial charge in [0.15, 0.2) is 0 Å². The Balaban J connectivity index is 3.05. The van der Waals surface area contributed by atoms with Gasteiger partial charge < -0.3 is 13.3 Å². The third-order valence-electron chi connectivity index (χ3n) is 2.00. The van der Waals surface area contributed by atoms with Gasteiger partial charge in [0.05, 0.1) is 0 Å². The van der Waals surface area contributed by atoms with Crippen LogP contribution in [-0.4, -0.2) is 30.1 Å². The second kappa shape index (κ2) is 4.65. The largest absolute Gasteiger partial charge is 0.536 e. The summed E-state index contributed by atoms with van der Waals surface area (Å²) < 4.78 is 28.4. The lowest BCUT2D eigenvalue weighted by Crippen LogP contribution is -2.54. The van der Waals surface area contributed by atoms with Gasteiger partial charge >= 0.3 is 8.80 Å². The van der Waals surface area contributed by atoms with Crippen LogP contribution < -0.4 is 5.19 Å². The van der Waals surface area contributed by atoms with Crippen LogP contribution in [0.15, 0.2) is 24.3 Å². The Kier molecular flexibility index (Phi) is 3.76. The van der Waals surface area contributed by atoms with Crippen molar-refractivity contribution < 1.29 is 17.7 Å². The molecule has 1 aromatic carbocycles. The summed E-state index contributed by atoms with van der Waals surface area (Å²) in [4.78, 5) is 0. The molecule has 0 unspecified atom stereocenters. The molecule has 0 amide bonds. The van der Waals surface area contributed by atoms with E-state index in [1.54, 1.807) is 12.1 Å². The summed E-state index contributed by atoms with van der Waals surface area (Å²) in [5.74, 6) is -0.292. The Morgan fingerprint density at radius 3 is 1.71 bits per heavy atom. The maximum absolute atomic E-state index is 12.7. The van der Waals surface area contributed by atoms with E-state index in [4.69, 9.17) is 13.3 Å². The fourth-order valence-corrected chi connectivity index (χ4v) is 3.04. The van der Waals surface area contributed by atoms with Gasteiger partial charge in [-0.05, 0) is 12.1 Å². The van der Waals surface area contributed by atoms with Crippen molar-refractivity contribution in [3.8, 4) is 0 Å². The standard InChI is InChI=1S/C9H13FO3Si/c1-11-14(12-2,13-3)9-6-4-8(10)5-7-9/h4-7H,1-3H3. The van der Waals surface area contributed by atoms with Crippen LogP contribution in [0.3, 0.4) is 0 Å². The minimum atomic E-state index is -2.78. The highest BCUT2D eigenvalue weighted by molar-refractivity contribution is 6.75. The van der Waals surface area contributed by atoms with E-state index in [2.05, 4.69) is 0 Å². The molecule has 0 saturated heterocycles. The molecule has 0 fully saturated rings. The monoisotopic (exact) mass is 216 g/mol. The lowest BCUT2D eigenvalue weighted by molar-refractivity contribution is 0.140. The van der Waals surface area contributed by atoms with Gasteiger partial charge in [-0.25, -0.2) is 4.39 Å².